The first-order valence-corrected chi connectivity index (χ1v) is 7.96. The summed E-state index contributed by atoms with van der Waals surface area (Å²) in [6, 6.07) is 7.42. The van der Waals surface area contributed by atoms with E-state index in [1.807, 2.05) is 18.5 Å². The monoisotopic (exact) mass is 282 g/mol. The van der Waals surface area contributed by atoms with Crippen LogP contribution in [0.25, 0.3) is 10.8 Å². The predicted molar refractivity (Wildman–Crippen MR) is 87.4 cm³/mol. The summed E-state index contributed by atoms with van der Waals surface area (Å²) in [5.41, 5.74) is 8.06. The standard InChI is InChI=1S/C17H22N4/c18-14-4-5-15(12-6-8-19-11-13(12)14)20-16-7-10-21-9-2-1-3-17(16)21/h4-6,8,11,16-17,20H,1-3,7,9-10,18H2. The van der Waals surface area contributed by atoms with Crippen LogP contribution in [0.3, 0.4) is 0 Å². The van der Waals surface area contributed by atoms with Gasteiger partial charge in [-0.2, -0.15) is 0 Å². The summed E-state index contributed by atoms with van der Waals surface area (Å²) >= 11 is 0. The van der Waals surface area contributed by atoms with Crippen LogP contribution < -0.4 is 11.1 Å². The molecule has 4 heteroatoms. The van der Waals surface area contributed by atoms with Crippen molar-refractivity contribution in [3.63, 3.8) is 0 Å². The highest BCUT2D eigenvalue weighted by Crippen LogP contribution is 2.33. The van der Waals surface area contributed by atoms with E-state index in [0.29, 0.717) is 12.1 Å². The molecule has 0 radical (unpaired) electrons. The first-order chi connectivity index (χ1) is 10.3. The van der Waals surface area contributed by atoms with Crippen LogP contribution in [0.2, 0.25) is 0 Å². The molecule has 21 heavy (non-hydrogen) atoms. The third kappa shape index (κ3) is 2.23. The quantitative estimate of drug-likeness (QED) is 0.832. The number of fused-ring (bicyclic) bond motifs is 2. The Morgan fingerprint density at radius 1 is 1.10 bits per heavy atom. The maximum absolute atomic E-state index is 6.06. The summed E-state index contributed by atoms with van der Waals surface area (Å²) in [6.45, 7) is 2.51. The number of pyridine rings is 1. The molecule has 2 unspecified atom stereocenters. The summed E-state index contributed by atoms with van der Waals surface area (Å²) < 4.78 is 0. The summed E-state index contributed by atoms with van der Waals surface area (Å²) in [5, 5.41) is 6.01. The van der Waals surface area contributed by atoms with Gasteiger partial charge in [0.25, 0.3) is 0 Å². The average Bonchev–Trinajstić information content (AvgIpc) is 2.94. The molecule has 110 valence electrons. The summed E-state index contributed by atoms with van der Waals surface area (Å²) in [6.07, 6.45) is 8.99. The Bertz CT molecular complexity index is 654. The second kappa shape index (κ2) is 5.19. The number of aromatic nitrogens is 1. The van der Waals surface area contributed by atoms with Gasteiger partial charge in [-0.3, -0.25) is 9.88 Å². The lowest BCUT2D eigenvalue weighted by Gasteiger charge is -2.33. The Morgan fingerprint density at radius 3 is 3.00 bits per heavy atom. The number of anilines is 2. The van der Waals surface area contributed by atoms with Gasteiger partial charge in [0.05, 0.1) is 0 Å². The van der Waals surface area contributed by atoms with Gasteiger partial charge in [-0.05, 0) is 44.0 Å². The number of nitrogens with zero attached hydrogens (tertiary/aromatic N) is 2. The van der Waals surface area contributed by atoms with Gasteiger partial charge in [0.2, 0.25) is 0 Å². The lowest BCUT2D eigenvalue weighted by atomic mass is 9.98. The Hall–Kier alpha value is -1.81. The van der Waals surface area contributed by atoms with Crippen molar-refractivity contribution in [3.05, 3.63) is 30.6 Å². The molecule has 2 saturated heterocycles. The fourth-order valence-corrected chi connectivity index (χ4v) is 3.95. The molecular weight excluding hydrogens is 260 g/mol. The van der Waals surface area contributed by atoms with E-state index in [0.717, 1.165) is 11.1 Å². The van der Waals surface area contributed by atoms with E-state index < -0.39 is 0 Å². The van der Waals surface area contributed by atoms with Gasteiger partial charge in [0.1, 0.15) is 0 Å². The number of nitrogen functional groups attached to an aromatic ring is 1. The van der Waals surface area contributed by atoms with Crippen molar-refractivity contribution >= 4 is 22.1 Å². The van der Waals surface area contributed by atoms with Gasteiger partial charge in [0, 0.05) is 53.2 Å². The number of piperidine rings is 1. The van der Waals surface area contributed by atoms with Crippen molar-refractivity contribution in [2.24, 2.45) is 0 Å². The smallest absolute Gasteiger partial charge is 0.0429 e. The fraction of sp³-hybridized carbons (Fsp3) is 0.471. The molecule has 2 aromatic rings. The van der Waals surface area contributed by atoms with Crippen LogP contribution >= 0.6 is 0 Å². The Balaban J connectivity index is 1.64. The lowest BCUT2D eigenvalue weighted by molar-refractivity contribution is 0.193. The number of hydrogen-bond acceptors (Lipinski definition) is 4. The highest BCUT2D eigenvalue weighted by atomic mass is 15.2. The third-order valence-electron chi connectivity index (χ3n) is 5.05. The van der Waals surface area contributed by atoms with E-state index in [1.54, 1.807) is 0 Å². The van der Waals surface area contributed by atoms with Crippen molar-refractivity contribution in [3.8, 4) is 0 Å². The van der Waals surface area contributed by atoms with Gasteiger partial charge >= 0.3 is 0 Å². The average molecular weight is 282 g/mol. The van der Waals surface area contributed by atoms with E-state index in [-0.39, 0.29) is 0 Å². The summed E-state index contributed by atoms with van der Waals surface area (Å²) in [5.74, 6) is 0. The van der Waals surface area contributed by atoms with E-state index in [2.05, 4.69) is 27.3 Å². The molecule has 0 spiro atoms. The maximum Gasteiger partial charge on any atom is 0.0429 e. The molecule has 1 aromatic carbocycles. The van der Waals surface area contributed by atoms with Crippen LogP contribution in [-0.2, 0) is 0 Å². The molecule has 0 saturated carbocycles. The Labute approximate surface area is 125 Å². The zero-order valence-corrected chi connectivity index (χ0v) is 12.3. The largest absolute Gasteiger partial charge is 0.398 e. The lowest BCUT2D eigenvalue weighted by Crippen LogP contribution is -2.41. The minimum atomic E-state index is 0.560. The summed E-state index contributed by atoms with van der Waals surface area (Å²) in [7, 11) is 0. The van der Waals surface area contributed by atoms with Crippen LogP contribution in [0, 0.1) is 0 Å². The van der Waals surface area contributed by atoms with Crippen molar-refractivity contribution in [1.29, 1.82) is 0 Å². The normalized spacial score (nSPS) is 25.9. The van der Waals surface area contributed by atoms with Gasteiger partial charge in [-0.15, -0.1) is 0 Å². The molecular formula is C17H22N4. The number of hydrogen-bond donors (Lipinski definition) is 2. The molecule has 0 aliphatic carbocycles. The van der Waals surface area contributed by atoms with Crippen LogP contribution in [-0.4, -0.2) is 35.1 Å². The number of rotatable bonds is 2. The molecule has 3 N–H and O–H groups in total. The zero-order chi connectivity index (χ0) is 14.2. The zero-order valence-electron chi connectivity index (χ0n) is 12.3. The highest BCUT2D eigenvalue weighted by Gasteiger charge is 2.35. The maximum atomic E-state index is 6.06. The molecule has 0 bridgehead atoms. The van der Waals surface area contributed by atoms with Crippen molar-refractivity contribution in [2.75, 3.05) is 24.1 Å². The van der Waals surface area contributed by atoms with Gasteiger partial charge < -0.3 is 11.1 Å². The molecule has 2 atom stereocenters. The SMILES string of the molecule is Nc1ccc(NC2CCN3CCCCC23)c2ccncc12. The van der Waals surface area contributed by atoms with Crippen LogP contribution in [0.1, 0.15) is 25.7 Å². The van der Waals surface area contributed by atoms with Gasteiger partial charge in [-0.1, -0.05) is 6.42 Å². The molecule has 4 nitrogen and oxygen atoms in total. The Morgan fingerprint density at radius 2 is 2.05 bits per heavy atom. The Kier molecular flexibility index (Phi) is 3.19. The molecule has 2 aliphatic heterocycles. The van der Waals surface area contributed by atoms with Gasteiger partial charge in [-0.25, -0.2) is 0 Å². The van der Waals surface area contributed by atoms with Crippen molar-refractivity contribution in [1.82, 2.24) is 9.88 Å². The number of nitrogens with one attached hydrogen (secondary N) is 1. The molecule has 2 aliphatic rings. The van der Waals surface area contributed by atoms with Crippen LogP contribution in [0.5, 0.6) is 0 Å². The van der Waals surface area contributed by atoms with E-state index in [1.165, 1.54) is 49.8 Å². The molecule has 1 aromatic heterocycles. The van der Waals surface area contributed by atoms with E-state index in [9.17, 15) is 0 Å². The summed E-state index contributed by atoms with van der Waals surface area (Å²) in [4.78, 5) is 6.85. The van der Waals surface area contributed by atoms with Crippen molar-refractivity contribution in [2.45, 2.75) is 37.8 Å². The second-order valence-electron chi connectivity index (χ2n) is 6.26. The first-order valence-electron chi connectivity index (χ1n) is 7.96. The third-order valence-corrected chi connectivity index (χ3v) is 5.05. The minimum absolute atomic E-state index is 0.560. The van der Waals surface area contributed by atoms with E-state index >= 15 is 0 Å². The highest BCUT2D eigenvalue weighted by molar-refractivity contribution is 6.00. The molecule has 2 fully saturated rings. The van der Waals surface area contributed by atoms with Gasteiger partial charge in [0.15, 0.2) is 0 Å². The topological polar surface area (TPSA) is 54.2 Å². The fourth-order valence-electron chi connectivity index (χ4n) is 3.95. The first kappa shape index (κ1) is 12.9. The van der Waals surface area contributed by atoms with E-state index in [4.69, 9.17) is 5.73 Å². The second-order valence-corrected chi connectivity index (χ2v) is 6.26. The molecule has 4 rings (SSSR count). The van der Waals surface area contributed by atoms with Crippen LogP contribution in [0.15, 0.2) is 30.6 Å². The minimum Gasteiger partial charge on any atom is -0.398 e. The van der Waals surface area contributed by atoms with Crippen molar-refractivity contribution < 1.29 is 0 Å². The number of nitrogens with two attached hydrogens (primary N) is 1. The molecule has 0 amide bonds. The number of benzene rings is 1. The van der Waals surface area contributed by atoms with Crippen LogP contribution in [0.4, 0.5) is 11.4 Å². The molecule has 3 heterocycles. The predicted octanol–water partition coefficient (Wildman–Crippen LogP) is 2.86.